The second-order valence-corrected chi connectivity index (χ2v) is 18.7. The second-order valence-electron chi connectivity index (χ2n) is 18.7. The predicted molar refractivity (Wildman–Crippen MR) is 254 cm³/mol. The van der Waals surface area contributed by atoms with Gasteiger partial charge in [-0.05, 0) is 19.3 Å². The molecule has 362 valence electrons. The first-order chi connectivity index (χ1) is 29.8. The smallest absolute Gasteiger partial charge is 0.220 e. The zero-order chi connectivity index (χ0) is 44.4. The van der Waals surface area contributed by atoms with Crippen molar-refractivity contribution >= 4 is 5.91 Å². The van der Waals surface area contributed by atoms with Gasteiger partial charge in [-0.25, -0.2) is 0 Å². The van der Waals surface area contributed by atoms with Crippen LogP contribution >= 0.6 is 0 Å². The Morgan fingerprint density at radius 3 is 1.28 bits per heavy atom. The average Bonchev–Trinajstić information content (AvgIpc) is 3.26. The molecule has 1 aliphatic heterocycles. The maximum Gasteiger partial charge on any atom is 0.220 e. The molecule has 2 unspecified atom stereocenters. The standard InChI is InChI=1S/C52H101NO8/c1-3-5-7-9-11-13-15-16-17-18-19-20-21-22-23-24-25-26-27-28-29-30-31-32-34-36-38-40-42-48(56)53-45(44-60-52-51(59)50(58)49(57)47(43-54)61-52)46(55)41-39-37-35-33-14-12-10-8-6-4-2/h39,41,45-47,49-52,54-55,57-59H,3-38,40,42-44H2,1-2H3,(H,53,56)/b41-39+/t45-,46+,47+,49+,50?,51?,52+/m0/s1. The van der Waals surface area contributed by atoms with E-state index in [1.54, 1.807) is 6.08 Å². The van der Waals surface area contributed by atoms with E-state index in [-0.39, 0.29) is 12.5 Å². The molecule has 1 aliphatic rings. The van der Waals surface area contributed by atoms with Gasteiger partial charge in [-0.3, -0.25) is 4.79 Å². The van der Waals surface area contributed by atoms with Crippen molar-refractivity contribution in [3.8, 4) is 0 Å². The van der Waals surface area contributed by atoms with E-state index in [9.17, 15) is 30.3 Å². The minimum absolute atomic E-state index is 0.173. The molecule has 1 heterocycles. The van der Waals surface area contributed by atoms with Gasteiger partial charge in [0.2, 0.25) is 5.91 Å². The molecular weight excluding hydrogens is 767 g/mol. The lowest BCUT2D eigenvalue weighted by molar-refractivity contribution is -0.302. The largest absolute Gasteiger partial charge is 0.394 e. The summed E-state index contributed by atoms with van der Waals surface area (Å²) in [6.45, 7) is 3.77. The zero-order valence-electron chi connectivity index (χ0n) is 39.9. The summed E-state index contributed by atoms with van der Waals surface area (Å²) in [5.74, 6) is -0.173. The van der Waals surface area contributed by atoms with Gasteiger partial charge in [0, 0.05) is 6.42 Å². The molecule has 0 saturated carbocycles. The molecule has 9 heteroatoms. The molecule has 0 bridgehead atoms. The van der Waals surface area contributed by atoms with Crippen LogP contribution in [0.1, 0.15) is 258 Å². The van der Waals surface area contributed by atoms with Crippen molar-refractivity contribution in [2.75, 3.05) is 13.2 Å². The van der Waals surface area contributed by atoms with Crippen LogP contribution in [0.5, 0.6) is 0 Å². The Morgan fingerprint density at radius 1 is 0.541 bits per heavy atom. The lowest BCUT2D eigenvalue weighted by Crippen LogP contribution is -2.60. The molecular formula is C52H101NO8. The van der Waals surface area contributed by atoms with Gasteiger partial charge in [0.1, 0.15) is 24.4 Å². The summed E-state index contributed by atoms with van der Waals surface area (Å²) in [5, 5.41) is 54.2. The Morgan fingerprint density at radius 2 is 0.902 bits per heavy atom. The minimum Gasteiger partial charge on any atom is -0.394 e. The Labute approximate surface area is 376 Å². The number of allylic oxidation sites excluding steroid dienone is 1. The number of carbonyl (C=O) groups is 1. The van der Waals surface area contributed by atoms with Crippen LogP contribution in [0.15, 0.2) is 12.2 Å². The van der Waals surface area contributed by atoms with Gasteiger partial charge in [0.25, 0.3) is 0 Å². The SMILES string of the molecule is CCCCCCCCCC/C=C/[C@@H](O)[C@H](CO[C@@H]1O[C@H](CO)[C@@H](O)C(O)C1O)NC(=O)CCCCCCCCCCCCCCCCCCCCCCCCCCCCCC. The van der Waals surface area contributed by atoms with Crippen molar-refractivity contribution in [1.29, 1.82) is 0 Å². The number of rotatable bonds is 45. The highest BCUT2D eigenvalue weighted by Crippen LogP contribution is 2.23. The van der Waals surface area contributed by atoms with E-state index in [4.69, 9.17) is 9.47 Å². The summed E-state index contributed by atoms with van der Waals surface area (Å²) in [5.41, 5.74) is 0. The number of ether oxygens (including phenoxy) is 2. The van der Waals surface area contributed by atoms with Gasteiger partial charge in [-0.1, -0.05) is 244 Å². The first-order valence-electron chi connectivity index (χ1n) is 26.4. The molecule has 0 aromatic rings. The number of aliphatic hydroxyl groups is 5. The molecule has 1 fully saturated rings. The summed E-state index contributed by atoms with van der Waals surface area (Å²) in [7, 11) is 0. The normalized spacial score (nSPS) is 20.4. The summed E-state index contributed by atoms with van der Waals surface area (Å²) in [6.07, 6.45) is 44.4. The molecule has 1 rings (SSSR count). The van der Waals surface area contributed by atoms with Crippen LogP contribution in [0.4, 0.5) is 0 Å². The first kappa shape index (κ1) is 57.9. The quantitative estimate of drug-likeness (QED) is 0.0262. The molecule has 9 nitrogen and oxygen atoms in total. The fourth-order valence-corrected chi connectivity index (χ4v) is 8.63. The molecule has 0 radical (unpaired) electrons. The molecule has 0 spiro atoms. The highest BCUT2D eigenvalue weighted by atomic mass is 16.7. The maximum atomic E-state index is 13.0. The van der Waals surface area contributed by atoms with Gasteiger partial charge >= 0.3 is 0 Å². The van der Waals surface area contributed by atoms with Crippen LogP contribution in [0.3, 0.4) is 0 Å². The highest BCUT2D eigenvalue weighted by molar-refractivity contribution is 5.76. The summed E-state index contributed by atoms with van der Waals surface area (Å²) in [6, 6.07) is -0.798. The fraction of sp³-hybridized carbons (Fsp3) is 0.942. The first-order valence-corrected chi connectivity index (χ1v) is 26.4. The number of nitrogens with one attached hydrogen (secondary N) is 1. The van der Waals surface area contributed by atoms with Crippen LogP contribution in [-0.2, 0) is 14.3 Å². The van der Waals surface area contributed by atoms with E-state index in [0.29, 0.717) is 6.42 Å². The summed E-state index contributed by atoms with van der Waals surface area (Å²) >= 11 is 0. The monoisotopic (exact) mass is 868 g/mol. The molecule has 0 aromatic heterocycles. The van der Waals surface area contributed by atoms with Gasteiger partial charge in [-0.15, -0.1) is 0 Å². The van der Waals surface area contributed by atoms with E-state index in [1.165, 1.54) is 199 Å². The van der Waals surface area contributed by atoms with Crippen molar-refractivity contribution < 1.29 is 39.8 Å². The lowest BCUT2D eigenvalue weighted by atomic mass is 9.99. The van der Waals surface area contributed by atoms with E-state index in [1.807, 2.05) is 6.08 Å². The van der Waals surface area contributed by atoms with Crippen LogP contribution < -0.4 is 5.32 Å². The minimum atomic E-state index is -1.56. The predicted octanol–water partition coefficient (Wildman–Crippen LogP) is 12.1. The van der Waals surface area contributed by atoms with E-state index in [2.05, 4.69) is 19.2 Å². The molecule has 61 heavy (non-hydrogen) atoms. The number of carbonyl (C=O) groups excluding carboxylic acids is 1. The number of hydrogen-bond acceptors (Lipinski definition) is 8. The average molecular weight is 868 g/mol. The third-order valence-corrected chi connectivity index (χ3v) is 12.9. The summed E-state index contributed by atoms with van der Waals surface area (Å²) < 4.78 is 11.2. The fourth-order valence-electron chi connectivity index (χ4n) is 8.63. The van der Waals surface area contributed by atoms with Gasteiger partial charge in [-0.2, -0.15) is 0 Å². The molecule has 1 saturated heterocycles. The second kappa shape index (κ2) is 42.9. The Hall–Kier alpha value is -1.07. The van der Waals surface area contributed by atoms with Gasteiger partial charge < -0.3 is 40.3 Å². The van der Waals surface area contributed by atoms with Crippen LogP contribution in [0, 0.1) is 0 Å². The van der Waals surface area contributed by atoms with Crippen molar-refractivity contribution in [3.05, 3.63) is 12.2 Å². The van der Waals surface area contributed by atoms with Gasteiger partial charge in [0.15, 0.2) is 6.29 Å². The van der Waals surface area contributed by atoms with E-state index < -0.39 is 49.5 Å². The number of aliphatic hydroxyl groups excluding tert-OH is 5. The Bertz CT molecular complexity index is 966. The number of amides is 1. The molecule has 0 aromatic carbocycles. The topological polar surface area (TPSA) is 149 Å². The zero-order valence-corrected chi connectivity index (χ0v) is 39.9. The molecule has 7 atom stereocenters. The van der Waals surface area contributed by atoms with Crippen LogP contribution in [0.25, 0.3) is 0 Å². The van der Waals surface area contributed by atoms with Crippen LogP contribution in [0.2, 0.25) is 0 Å². The summed E-state index contributed by atoms with van der Waals surface area (Å²) in [4.78, 5) is 13.0. The molecule has 6 N–H and O–H groups in total. The van der Waals surface area contributed by atoms with Crippen molar-refractivity contribution in [2.24, 2.45) is 0 Å². The third kappa shape index (κ3) is 33.1. The lowest BCUT2D eigenvalue weighted by Gasteiger charge is -2.40. The van der Waals surface area contributed by atoms with E-state index in [0.717, 1.165) is 38.5 Å². The number of hydrogen-bond donors (Lipinski definition) is 6. The highest BCUT2D eigenvalue weighted by Gasteiger charge is 2.44. The maximum absolute atomic E-state index is 13.0. The van der Waals surface area contributed by atoms with Crippen LogP contribution in [-0.4, -0.2) is 87.5 Å². The van der Waals surface area contributed by atoms with Crippen molar-refractivity contribution in [1.82, 2.24) is 5.32 Å². The molecule has 0 aliphatic carbocycles. The third-order valence-electron chi connectivity index (χ3n) is 12.9. The molecule has 1 amide bonds. The Balaban J connectivity index is 2.13. The van der Waals surface area contributed by atoms with Gasteiger partial charge in [0.05, 0.1) is 25.4 Å². The van der Waals surface area contributed by atoms with E-state index >= 15 is 0 Å². The van der Waals surface area contributed by atoms with Crippen molar-refractivity contribution in [3.63, 3.8) is 0 Å². The van der Waals surface area contributed by atoms with Crippen molar-refractivity contribution in [2.45, 2.75) is 301 Å². The number of unbranched alkanes of at least 4 members (excludes halogenated alkanes) is 35. The Kier molecular flexibility index (Phi) is 40.7.